The van der Waals surface area contributed by atoms with Gasteiger partial charge in [0.15, 0.2) is 0 Å². The summed E-state index contributed by atoms with van der Waals surface area (Å²) in [6.45, 7) is 5.85. The van der Waals surface area contributed by atoms with E-state index >= 15 is 0 Å². The molecule has 0 aromatic carbocycles. The van der Waals surface area contributed by atoms with E-state index in [4.69, 9.17) is 11.6 Å². The Morgan fingerprint density at radius 3 is 2.67 bits per heavy atom. The SMILES string of the molecule is CC(=O)NCC1CCN(CCCCl)CC1. The van der Waals surface area contributed by atoms with Crippen molar-refractivity contribution in [1.82, 2.24) is 10.2 Å². The van der Waals surface area contributed by atoms with Crippen LogP contribution in [0.1, 0.15) is 26.2 Å². The van der Waals surface area contributed by atoms with Gasteiger partial charge < -0.3 is 10.2 Å². The van der Waals surface area contributed by atoms with Crippen LogP contribution in [-0.4, -0.2) is 42.9 Å². The van der Waals surface area contributed by atoms with E-state index in [0.717, 1.165) is 38.5 Å². The van der Waals surface area contributed by atoms with Crippen LogP contribution in [0, 0.1) is 5.92 Å². The molecule has 1 amide bonds. The third-order valence-corrected chi connectivity index (χ3v) is 3.22. The molecule has 0 aromatic rings. The minimum atomic E-state index is 0.0829. The molecule has 1 rings (SSSR count). The second-order valence-electron chi connectivity index (χ2n) is 4.26. The fourth-order valence-corrected chi connectivity index (χ4v) is 2.11. The predicted molar refractivity (Wildman–Crippen MR) is 63.2 cm³/mol. The Morgan fingerprint density at radius 1 is 1.47 bits per heavy atom. The summed E-state index contributed by atoms with van der Waals surface area (Å²) in [4.78, 5) is 13.2. The fourth-order valence-electron chi connectivity index (χ4n) is 1.99. The summed E-state index contributed by atoms with van der Waals surface area (Å²) < 4.78 is 0. The second-order valence-corrected chi connectivity index (χ2v) is 4.64. The Bertz CT molecular complexity index is 191. The van der Waals surface area contributed by atoms with Crippen LogP contribution in [0.15, 0.2) is 0 Å². The summed E-state index contributed by atoms with van der Waals surface area (Å²) in [6, 6.07) is 0. The smallest absolute Gasteiger partial charge is 0.216 e. The van der Waals surface area contributed by atoms with E-state index < -0.39 is 0 Å². The minimum absolute atomic E-state index is 0.0829. The monoisotopic (exact) mass is 232 g/mol. The van der Waals surface area contributed by atoms with Crippen LogP contribution in [0.4, 0.5) is 0 Å². The van der Waals surface area contributed by atoms with Crippen molar-refractivity contribution in [3.05, 3.63) is 0 Å². The lowest BCUT2D eigenvalue weighted by molar-refractivity contribution is -0.119. The number of piperidine rings is 1. The van der Waals surface area contributed by atoms with Crippen LogP contribution < -0.4 is 5.32 Å². The van der Waals surface area contributed by atoms with Crippen molar-refractivity contribution in [2.24, 2.45) is 5.92 Å². The van der Waals surface area contributed by atoms with Crippen molar-refractivity contribution < 1.29 is 4.79 Å². The summed E-state index contributed by atoms with van der Waals surface area (Å²) in [5.74, 6) is 1.51. The normalized spacial score (nSPS) is 19.1. The number of nitrogens with one attached hydrogen (secondary N) is 1. The molecule has 1 aliphatic heterocycles. The van der Waals surface area contributed by atoms with Crippen LogP contribution in [0.3, 0.4) is 0 Å². The summed E-state index contributed by atoms with van der Waals surface area (Å²) >= 11 is 5.66. The summed E-state index contributed by atoms with van der Waals surface area (Å²) in [5, 5.41) is 2.89. The van der Waals surface area contributed by atoms with Crippen molar-refractivity contribution in [1.29, 1.82) is 0 Å². The summed E-state index contributed by atoms with van der Waals surface area (Å²) in [5.41, 5.74) is 0. The number of carbonyl (C=O) groups is 1. The number of alkyl halides is 1. The van der Waals surface area contributed by atoms with Gasteiger partial charge in [-0.25, -0.2) is 0 Å². The molecule has 0 bridgehead atoms. The maximum Gasteiger partial charge on any atom is 0.216 e. The van der Waals surface area contributed by atoms with Crippen LogP contribution in [-0.2, 0) is 4.79 Å². The van der Waals surface area contributed by atoms with E-state index in [9.17, 15) is 4.79 Å². The van der Waals surface area contributed by atoms with Crippen molar-refractivity contribution in [3.8, 4) is 0 Å². The third-order valence-electron chi connectivity index (χ3n) is 2.95. The fraction of sp³-hybridized carbons (Fsp3) is 0.909. The van der Waals surface area contributed by atoms with Gasteiger partial charge in [0, 0.05) is 19.3 Å². The average Bonchev–Trinajstić information content (AvgIpc) is 2.25. The zero-order valence-corrected chi connectivity index (χ0v) is 10.2. The third kappa shape index (κ3) is 5.38. The maximum atomic E-state index is 10.8. The molecule has 0 atom stereocenters. The van der Waals surface area contributed by atoms with E-state index in [2.05, 4.69) is 10.2 Å². The first-order chi connectivity index (χ1) is 7.22. The largest absolute Gasteiger partial charge is 0.356 e. The number of rotatable bonds is 5. The number of nitrogens with zero attached hydrogens (tertiary/aromatic N) is 1. The molecular weight excluding hydrogens is 212 g/mol. The lowest BCUT2D eigenvalue weighted by atomic mass is 9.97. The van der Waals surface area contributed by atoms with Gasteiger partial charge in [-0.15, -0.1) is 11.6 Å². The van der Waals surface area contributed by atoms with E-state index in [-0.39, 0.29) is 5.91 Å². The Hall–Kier alpha value is -0.280. The minimum Gasteiger partial charge on any atom is -0.356 e. The average molecular weight is 233 g/mol. The number of hydrogen-bond acceptors (Lipinski definition) is 2. The van der Waals surface area contributed by atoms with Gasteiger partial charge in [-0.1, -0.05) is 0 Å². The van der Waals surface area contributed by atoms with Crippen molar-refractivity contribution >= 4 is 17.5 Å². The van der Waals surface area contributed by atoms with Gasteiger partial charge in [-0.3, -0.25) is 4.79 Å². The number of likely N-dealkylation sites (tertiary alicyclic amines) is 1. The molecule has 4 heteroatoms. The van der Waals surface area contributed by atoms with Crippen molar-refractivity contribution in [2.75, 3.05) is 32.1 Å². The zero-order valence-electron chi connectivity index (χ0n) is 9.47. The number of carbonyl (C=O) groups excluding carboxylic acids is 1. The number of amides is 1. The Kier molecular flexibility index (Phi) is 6.03. The molecule has 0 radical (unpaired) electrons. The molecular formula is C11H21ClN2O. The highest BCUT2D eigenvalue weighted by Gasteiger charge is 2.18. The molecule has 1 heterocycles. The lowest BCUT2D eigenvalue weighted by Crippen LogP contribution is -2.38. The molecule has 3 nitrogen and oxygen atoms in total. The predicted octanol–water partition coefficient (Wildman–Crippen LogP) is 1.46. The van der Waals surface area contributed by atoms with E-state index in [0.29, 0.717) is 5.92 Å². The van der Waals surface area contributed by atoms with Gasteiger partial charge in [-0.05, 0) is 44.8 Å². The van der Waals surface area contributed by atoms with Gasteiger partial charge in [0.2, 0.25) is 5.91 Å². The molecule has 1 N–H and O–H groups in total. The molecule has 88 valence electrons. The molecule has 0 saturated carbocycles. The van der Waals surface area contributed by atoms with Crippen LogP contribution in [0.2, 0.25) is 0 Å². The highest BCUT2D eigenvalue weighted by atomic mass is 35.5. The Balaban J connectivity index is 2.09. The standard InChI is InChI=1S/C11H21ClN2O/c1-10(15)13-9-11-3-7-14(8-4-11)6-2-5-12/h11H,2-9H2,1H3,(H,13,15). The molecule has 1 aliphatic rings. The highest BCUT2D eigenvalue weighted by molar-refractivity contribution is 6.17. The first-order valence-electron chi connectivity index (χ1n) is 5.75. The van der Waals surface area contributed by atoms with Crippen molar-refractivity contribution in [2.45, 2.75) is 26.2 Å². The maximum absolute atomic E-state index is 10.8. The van der Waals surface area contributed by atoms with Gasteiger partial charge >= 0.3 is 0 Å². The molecule has 0 aromatic heterocycles. The van der Waals surface area contributed by atoms with E-state index in [1.807, 2.05) is 0 Å². The van der Waals surface area contributed by atoms with Crippen molar-refractivity contribution in [3.63, 3.8) is 0 Å². The second kappa shape index (κ2) is 7.07. The first kappa shape index (κ1) is 12.8. The summed E-state index contributed by atoms with van der Waals surface area (Å²) in [6.07, 6.45) is 3.48. The van der Waals surface area contributed by atoms with Gasteiger partial charge in [-0.2, -0.15) is 0 Å². The molecule has 15 heavy (non-hydrogen) atoms. The molecule has 0 spiro atoms. The van der Waals surface area contributed by atoms with Crippen LogP contribution >= 0.6 is 11.6 Å². The zero-order chi connectivity index (χ0) is 11.1. The highest BCUT2D eigenvalue weighted by Crippen LogP contribution is 2.16. The molecule has 0 unspecified atom stereocenters. The number of hydrogen-bond donors (Lipinski definition) is 1. The van der Waals surface area contributed by atoms with E-state index in [1.54, 1.807) is 6.92 Å². The van der Waals surface area contributed by atoms with Gasteiger partial charge in [0.1, 0.15) is 0 Å². The first-order valence-corrected chi connectivity index (χ1v) is 6.28. The summed E-state index contributed by atoms with van der Waals surface area (Å²) in [7, 11) is 0. The number of halogens is 1. The van der Waals surface area contributed by atoms with E-state index in [1.165, 1.54) is 12.8 Å². The van der Waals surface area contributed by atoms with Gasteiger partial charge in [0.05, 0.1) is 0 Å². The quantitative estimate of drug-likeness (QED) is 0.728. The molecule has 1 fully saturated rings. The topological polar surface area (TPSA) is 32.3 Å². The lowest BCUT2D eigenvalue weighted by Gasteiger charge is -2.31. The molecule has 0 aliphatic carbocycles. The molecule has 1 saturated heterocycles. The van der Waals surface area contributed by atoms with Crippen LogP contribution in [0.5, 0.6) is 0 Å². The van der Waals surface area contributed by atoms with Crippen LogP contribution in [0.25, 0.3) is 0 Å². The Labute approximate surface area is 97.2 Å². The Morgan fingerprint density at radius 2 is 2.13 bits per heavy atom. The van der Waals surface area contributed by atoms with Gasteiger partial charge in [0.25, 0.3) is 0 Å².